The number of nitrogens with two attached hydrogens (primary N) is 1. The summed E-state index contributed by atoms with van der Waals surface area (Å²) in [5.74, 6) is 0. The molecule has 0 spiro atoms. The summed E-state index contributed by atoms with van der Waals surface area (Å²) in [4.78, 5) is 26.8. The summed E-state index contributed by atoms with van der Waals surface area (Å²) in [6.45, 7) is 7.19. The molecule has 2 amide bonds. The number of rotatable bonds is 3. The van der Waals surface area contributed by atoms with E-state index in [1.807, 2.05) is 12.4 Å². The highest BCUT2D eigenvalue weighted by molar-refractivity contribution is 6.31. The van der Waals surface area contributed by atoms with Gasteiger partial charge in [0.2, 0.25) is 6.29 Å². The summed E-state index contributed by atoms with van der Waals surface area (Å²) in [6, 6.07) is 11.7. The number of hydrogen-bond acceptors (Lipinski definition) is 4. The largest absolute Gasteiger partial charge is 0.377 e. The Bertz CT molecular complexity index is 983. The molecule has 2 aromatic rings. The molecule has 0 aliphatic carbocycles. The van der Waals surface area contributed by atoms with Gasteiger partial charge >= 0.3 is 6.03 Å². The second kappa shape index (κ2) is 7.84. The first-order valence-electron chi connectivity index (χ1n) is 10.1. The molecule has 1 atom stereocenters. The van der Waals surface area contributed by atoms with Gasteiger partial charge in [-0.3, -0.25) is 4.79 Å². The molecule has 3 N–H and O–H groups in total. The number of carbonyl (C=O) groups is 1. The Morgan fingerprint density at radius 1 is 1.20 bits per heavy atom. The van der Waals surface area contributed by atoms with E-state index >= 15 is 0 Å². The number of amides is 2. The number of benzene rings is 2. The van der Waals surface area contributed by atoms with E-state index in [9.17, 15) is 9.59 Å². The summed E-state index contributed by atoms with van der Waals surface area (Å²) >= 11 is 6.20. The number of nitrogens with one attached hydrogen (secondary N) is 1. The highest BCUT2D eigenvalue weighted by Gasteiger charge is 2.37. The number of nitrogens with zero attached hydrogens (tertiary/aromatic N) is 2. The van der Waals surface area contributed by atoms with Crippen molar-refractivity contribution < 1.29 is 9.59 Å². The normalized spacial score (nSPS) is 20.3. The summed E-state index contributed by atoms with van der Waals surface area (Å²) in [6.07, 6.45) is 2.83. The van der Waals surface area contributed by atoms with Crippen molar-refractivity contribution in [1.29, 1.82) is 0 Å². The summed E-state index contributed by atoms with van der Waals surface area (Å²) < 4.78 is 0. The van der Waals surface area contributed by atoms with Gasteiger partial charge in [0.25, 0.3) is 0 Å². The van der Waals surface area contributed by atoms with Gasteiger partial charge in [0.1, 0.15) is 0 Å². The first kappa shape index (κ1) is 20.5. The number of anilines is 2. The van der Waals surface area contributed by atoms with Crippen LogP contribution < -0.4 is 16.0 Å². The molecule has 1 fully saturated rings. The molecule has 2 aromatic carbocycles. The quantitative estimate of drug-likeness (QED) is 0.785. The Labute approximate surface area is 182 Å². The van der Waals surface area contributed by atoms with Crippen molar-refractivity contribution in [3.8, 4) is 0 Å². The van der Waals surface area contributed by atoms with Crippen molar-refractivity contribution in [2.45, 2.75) is 26.3 Å². The first-order chi connectivity index (χ1) is 14.3. The molecule has 7 heteroatoms. The zero-order chi connectivity index (χ0) is 21.5. The lowest BCUT2D eigenvalue weighted by molar-refractivity contribution is 0.204. The van der Waals surface area contributed by atoms with Crippen LogP contribution in [0.2, 0.25) is 5.02 Å². The van der Waals surface area contributed by atoms with E-state index in [-0.39, 0.29) is 17.5 Å². The number of hydrogen-bond donors (Lipinski definition) is 2. The smallest absolute Gasteiger partial charge is 0.314 e. The van der Waals surface area contributed by atoms with Crippen molar-refractivity contribution >= 4 is 35.3 Å². The standard InChI is InChI=1S/C23H26ClN4O2/c1-23(2)13-16-10-18(24)11-17(14-29)20(16)26-21(23)15-4-3-5-19(12-15)27-6-8-28(9-7-27)22(25)30/h3-5,10-12,21,26H,6-9,13H2,1-2H3,(H2,25,30). The molecule has 4 rings (SSSR count). The van der Waals surface area contributed by atoms with Gasteiger partial charge in [-0.15, -0.1) is 0 Å². The molecule has 1 saturated heterocycles. The van der Waals surface area contributed by atoms with Gasteiger partial charge in [-0.25, -0.2) is 4.79 Å². The van der Waals surface area contributed by atoms with Crippen LogP contribution in [0.15, 0.2) is 36.4 Å². The van der Waals surface area contributed by atoms with Crippen LogP contribution in [0.3, 0.4) is 0 Å². The van der Waals surface area contributed by atoms with Crippen LogP contribution in [-0.2, 0) is 11.2 Å². The highest BCUT2D eigenvalue weighted by atomic mass is 35.5. The zero-order valence-corrected chi connectivity index (χ0v) is 18.0. The third-order valence-corrected chi connectivity index (χ3v) is 6.39. The zero-order valence-electron chi connectivity index (χ0n) is 17.2. The fraction of sp³-hybridized carbons (Fsp3) is 0.391. The number of carbonyl (C=O) groups excluding carboxylic acids is 2. The Morgan fingerprint density at radius 2 is 1.93 bits per heavy atom. The molecule has 30 heavy (non-hydrogen) atoms. The molecule has 1 radical (unpaired) electrons. The van der Waals surface area contributed by atoms with E-state index in [1.165, 1.54) is 0 Å². The molecule has 2 heterocycles. The number of fused-ring (bicyclic) bond motifs is 1. The first-order valence-corrected chi connectivity index (χ1v) is 10.5. The number of urea groups is 1. The molecule has 0 aromatic heterocycles. The maximum absolute atomic E-state index is 11.5. The monoisotopic (exact) mass is 425 g/mol. The molecular formula is C23H26ClN4O2. The van der Waals surface area contributed by atoms with E-state index in [0.29, 0.717) is 23.7 Å². The third kappa shape index (κ3) is 3.84. The van der Waals surface area contributed by atoms with Gasteiger partial charge in [-0.2, -0.15) is 0 Å². The lowest BCUT2D eigenvalue weighted by Crippen LogP contribution is -2.50. The maximum atomic E-state index is 11.5. The molecule has 0 saturated carbocycles. The SMILES string of the molecule is CC1(C)Cc2cc(Cl)cc([C]=O)c2NC1c1cccc(N2CCN(C(N)=O)CC2)c1. The maximum Gasteiger partial charge on any atom is 0.314 e. The number of halogens is 1. The lowest BCUT2D eigenvalue weighted by Gasteiger charge is -2.42. The predicted molar refractivity (Wildman–Crippen MR) is 120 cm³/mol. The van der Waals surface area contributed by atoms with Crippen molar-refractivity contribution in [2.24, 2.45) is 11.1 Å². The average molecular weight is 426 g/mol. The van der Waals surface area contributed by atoms with Gasteiger partial charge in [0.05, 0.1) is 11.6 Å². The molecule has 2 aliphatic heterocycles. The molecular weight excluding hydrogens is 400 g/mol. The Hall–Kier alpha value is -2.73. The van der Waals surface area contributed by atoms with Crippen LogP contribution in [-0.4, -0.2) is 43.4 Å². The second-order valence-corrected chi connectivity index (χ2v) is 9.18. The average Bonchev–Trinajstić information content (AvgIpc) is 2.72. The number of primary amides is 1. The van der Waals surface area contributed by atoms with Crippen molar-refractivity contribution in [2.75, 3.05) is 36.4 Å². The van der Waals surface area contributed by atoms with E-state index in [0.717, 1.165) is 42.0 Å². The minimum atomic E-state index is -0.363. The Balaban J connectivity index is 1.62. The Morgan fingerprint density at radius 3 is 2.60 bits per heavy atom. The molecule has 2 aliphatic rings. The highest BCUT2D eigenvalue weighted by Crippen LogP contribution is 2.46. The summed E-state index contributed by atoms with van der Waals surface area (Å²) in [7, 11) is 0. The molecule has 6 nitrogen and oxygen atoms in total. The van der Waals surface area contributed by atoms with Crippen LogP contribution >= 0.6 is 11.6 Å². The van der Waals surface area contributed by atoms with Gasteiger partial charge in [0, 0.05) is 42.6 Å². The Kier molecular flexibility index (Phi) is 5.36. The molecule has 0 bridgehead atoms. The second-order valence-electron chi connectivity index (χ2n) is 8.74. The minimum absolute atomic E-state index is 0.0325. The van der Waals surface area contributed by atoms with E-state index in [4.69, 9.17) is 17.3 Å². The fourth-order valence-corrected chi connectivity index (χ4v) is 4.85. The number of piperazine rings is 1. The van der Waals surface area contributed by atoms with Crippen LogP contribution in [0, 0.1) is 5.41 Å². The van der Waals surface area contributed by atoms with Crippen LogP contribution in [0.4, 0.5) is 16.2 Å². The molecule has 1 unspecified atom stereocenters. The van der Waals surface area contributed by atoms with Gasteiger partial charge in [-0.05, 0) is 47.2 Å². The van der Waals surface area contributed by atoms with Gasteiger partial charge in [0.15, 0.2) is 0 Å². The van der Waals surface area contributed by atoms with Crippen LogP contribution in [0.25, 0.3) is 0 Å². The van der Waals surface area contributed by atoms with Gasteiger partial charge in [-0.1, -0.05) is 37.6 Å². The van der Waals surface area contributed by atoms with Gasteiger partial charge < -0.3 is 20.9 Å². The third-order valence-electron chi connectivity index (χ3n) is 6.17. The van der Waals surface area contributed by atoms with Crippen LogP contribution in [0.5, 0.6) is 0 Å². The predicted octanol–water partition coefficient (Wildman–Crippen LogP) is 3.73. The van der Waals surface area contributed by atoms with E-state index in [1.54, 1.807) is 11.0 Å². The summed E-state index contributed by atoms with van der Waals surface area (Å²) in [5.41, 5.74) is 9.93. The summed E-state index contributed by atoms with van der Waals surface area (Å²) in [5, 5.41) is 4.15. The van der Waals surface area contributed by atoms with Crippen LogP contribution in [0.1, 0.15) is 36.6 Å². The molecule has 157 valence electrons. The van der Waals surface area contributed by atoms with Crippen molar-refractivity contribution in [3.63, 3.8) is 0 Å². The van der Waals surface area contributed by atoms with E-state index < -0.39 is 0 Å². The minimum Gasteiger partial charge on any atom is -0.377 e. The topological polar surface area (TPSA) is 78.7 Å². The van der Waals surface area contributed by atoms with Crippen molar-refractivity contribution in [1.82, 2.24) is 4.90 Å². The van der Waals surface area contributed by atoms with Crippen molar-refractivity contribution in [3.05, 3.63) is 58.1 Å². The fourth-order valence-electron chi connectivity index (χ4n) is 4.61. The lowest BCUT2D eigenvalue weighted by atomic mass is 9.72. The van der Waals surface area contributed by atoms with E-state index in [2.05, 4.69) is 48.3 Å².